The first-order chi connectivity index (χ1) is 11.8. The number of rotatable bonds is 3. The Bertz CT molecular complexity index is 879. The molecule has 3 rings (SSSR count). The van der Waals surface area contributed by atoms with Gasteiger partial charge in [0.25, 0.3) is 0 Å². The van der Waals surface area contributed by atoms with Crippen LogP contribution in [0.5, 0.6) is 0 Å². The number of nitrogens with one attached hydrogen (secondary N) is 1. The molecule has 1 unspecified atom stereocenters. The van der Waals surface area contributed by atoms with E-state index in [-0.39, 0.29) is 5.92 Å². The van der Waals surface area contributed by atoms with Crippen LogP contribution in [0.2, 0.25) is 0 Å². The quantitative estimate of drug-likeness (QED) is 0.847. The van der Waals surface area contributed by atoms with Crippen molar-refractivity contribution >= 4 is 23.3 Å². The van der Waals surface area contributed by atoms with Crippen LogP contribution >= 0.6 is 0 Å². The van der Waals surface area contributed by atoms with Gasteiger partial charge in [-0.05, 0) is 64.2 Å². The minimum atomic E-state index is -0.586. The SMILES string of the molecule is Cc1c(C#N)ccc2[nH]c(C(/C=N/C(=O)OC(C)(C)C)C3CC3)nc12. The molecule has 130 valence electrons. The summed E-state index contributed by atoms with van der Waals surface area (Å²) in [6.07, 6.45) is 3.23. The van der Waals surface area contributed by atoms with Gasteiger partial charge in [0.15, 0.2) is 0 Å². The van der Waals surface area contributed by atoms with Crippen molar-refractivity contribution in [2.45, 2.75) is 52.1 Å². The molecule has 0 bridgehead atoms. The molecule has 2 aromatic rings. The fraction of sp³-hybridized carbons (Fsp3) is 0.474. The molecule has 25 heavy (non-hydrogen) atoms. The summed E-state index contributed by atoms with van der Waals surface area (Å²) in [6, 6.07) is 5.84. The zero-order valence-electron chi connectivity index (χ0n) is 15.0. The van der Waals surface area contributed by atoms with Crippen molar-refractivity contribution < 1.29 is 9.53 Å². The van der Waals surface area contributed by atoms with Gasteiger partial charge in [0, 0.05) is 6.21 Å². The Balaban J connectivity index is 1.89. The van der Waals surface area contributed by atoms with Crippen molar-refractivity contribution in [3.8, 4) is 6.07 Å². The summed E-state index contributed by atoms with van der Waals surface area (Å²) in [5, 5.41) is 9.17. The minimum absolute atomic E-state index is 0.0511. The second-order valence-corrected chi connectivity index (χ2v) is 7.49. The van der Waals surface area contributed by atoms with Crippen molar-refractivity contribution in [2.24, 2.45) is 10.9 Å². The van der Waals surface area contributed by atoms with Gasteiger partial charge >= 0.3 is 6.09 Å². The first-order valence-corrected chi connectivity index (χ1v) is 8.45. The van der Waals surface area contributed by atoms with Crippen LogP contribution in [0.3, 0.4) is 0 Å². The highest BCUT2D eigenvalue weighted by atomic mass is 16.6. The molecule has 1 aliphatic carbocycles. The predicted molar refractivity (Wildman–Crippen MR) is 95.7 cm³/mol. The third-order valence-electron chi connectivity index (χ3n) is 4.23. The number of nitrogens with zero attached hydrogens (tertiary/aromatic N) is 3. The number of hydrogen-bond acceptors (Lipinski definition) is 4. The maximum atomic E-state index is 11.9. The number of aromatic nitrogens is 2. The Morgan fingerprint density at radius 2 is 2.20 bits per heavy atom. The summed E-state index contributed by atoms with van der Waals surface area (Å²) in [7, 11) is 0. The maximum absolute atomic E-state index is 11.9. The second kappa shape index (κ2) is 6.32. The van der Waals surface area contributed by atoms with Crippen LogP contribution in [0.1, 0.15) is 56.5 Å². The highest BCUT2D eigenvalue weighted by molar-refractivity contribution is 5.85. The van der Waals surface area contributed by atoms with Crippen molar-refractivity contribution in [1.29, 1.82) is 5.26 Å². The van der Waals surface area contributed by atoms with Crippen LogP contribution in [0.4, 0.5) is 4.79 Å². The largest absolute Gasteiger partial charge is 0.442 e. The zero-order valence-corrected chi connectivity index (χ0v) is 15.0. The number of ether oxygens (including phenoxy) is 1. The van der Waals surface area contributed by atoms with E-state index in [0.29, 0.717) is 11.5 Å². The summed E-state index contributed by atoms with van der Waals surface area (Å²) >= 11 is 0. The number of amides is 1. The van der Waals surface area contributed by atoms with Gasteiger partial charge in [0.2, 0.25) is 0 Å². The van der Waals surface area contributed by atoms with Crippen LogP contribution in [0.25, 0.3) is 11.0 Å². The molecule has 1 aromatic carbocycles. The number of aryl methyl sites for hydroxylation is 1. The molecule has 1 fully saturated rings. The number of imidazole rings is 1. The fourth-order valence-electron chi connectivity index (χ4n) is 2.81. The van der Waals surface area contributed by atoms with Gasteiger partial charge in [0.05, 0.1) is 28.6 Å². The third kappa shape index (κ3) is 3.87. The highest BCUT2D eigenvalue weighted by Gasteiger charge is 2.33. The molecule has 0 saturated heterocycles. The van der Waals surface area contributed by atoms with Gasteiger partial charge in [-0.25, -0.2) is 9.78 Å². The number of hydrogen-bond donors (Lipinski definition) is 1. The Morgan fingerprint density at radius 1 is 1.48 bits per heavy atom. The molecule has 1 atom stereocenters. The van der Waals surface area contributed by atoms with E-state index in [2.05, 4.69) is 21.0 Å². The predicted octanol–water partition coefficient (Wildman–Crippen LogP) is 4.24. The van der Waals surface area contributed by atoms with Gasteiger partial charge in [-0.1, -0.05) is 0 Å². The van der Waals surface area contributed by atoms with Crippen molar-refractivity contribution in [1.82, 2.24) is 9.97 Å². The lowest BCUT2D eigenvalue weighted by atomic mass is 10.1. The zero-order chi connectivity index (χ0) is 18.2. The molecule has 1 N–H and O–H groups in total. The van der Waals surface area contributed by atoms with Crippen molar-refractivity contribution in [3.63, 3.8) is 0 Å². The summed E-state index contributed by atoms with van der Waals surface area (Å²) < 4.78 is 5.23. The van der Waals surface area contributed by atoms with Crippen molar-refractivity contribution in [2.75, 3.05) is 0 Å². The van der Waals surface area contributed by atoms with E-state index in [1.54, 1.807) is 12.3 Å². The molecular formula is C19H22N4O2. The number of fused-ring (bicyclic) bond motifs is 1. The molecule has 0 spiro atoms. The van der Waals surface area contributed by atoms with Gasteiger partial charge in [-0.3, -0.25) is 0 Å². The summed E-state index contributed by atoms with van der Waals surface area (Å²) in [6.45, 7) is 7.33. The average molecular weight is 338 g/mol. The monoisotopic (exact) mass is 338 g/mol. The number of carbonyl (C=O) groups excluding carboxylic acids is 1. The fourth-order valence-corrected chi connectivity index (χ4v) is 2.81. The van der Waals surface area contributed by atoms with Crippen LogP contribution in [-0.4, -0.2) is 27.9 Å². The molecule has 1 saturated carbocycles. The maximum Gasteiger partial charge on any atom is 0.433 e. The highest BCUT2D eigenvalue weighted by Crippen LogP contribution is 2.41. The lowest BCUT2D eigenvalue weighted by Gasteiger charge is -2.17. The number of aromatic amines is 1. The molecule has 0 aliphatic heterocycles. The summed E-state index contributed by atoms with van der Waals surface area (Å²) in [5.74, 6) is 1.16. The number of aliphatic imine (C=N–C) groups is 1. The number of benzene rings is 1. The Hall–Kier alpha value is -2.68. The van der Waals surface area contributed by atoms with Gasteiger partial charge in [-0.2, -0.15) is 10.3 Å². The van der Waals surface area contributed by atoms with Crippen LogP contribution in [0, 0.1) is 24.2 Å². The second-order valence-electron chi connectivity index (χ2n) is 7.49. The van der Waals surface area contributed by atoms with Crippen LogP contribution < -0.4 is 0 Å². The minimum Gasteiger partial charge on any atom is -0.442 e. The van der Waals surface area contributed by atoms with E-state index in [1.165, 1.54) is 0 Å². The lowest BCUT2D eigenvalue weighted by Crippen LogP contribution is -2.22. The van der Waals surface area contributed by atoms with Crippen LogP contribution in [0.15, 0.2) is 17.1 Å². The van der Waals surface area contributed by atoms with Crippen LogP contribution in [-0.2, 0) is 4.74 Å². The van der Waals surface area contributed by atoms with E-state index in [0.717, 1.165) is 35.3 Å². The van der Waals surface area contributed by atoms with E-state index >= 15 is 0 Å². The molecule has 6 heteroatoms. The standard InChI is InChI=1S/C19H22N4O2/c1-11-13(9-20)7-8-15-16(11)23-17(22-15)14(12-5-6-12)10-21-18(24)25-19(2,3)4/h7-8,10,12,14H,5-6H2,1-4H3,(H,22,23)/b21-10+. The van der Waals surface area contributed by atoms with E-state index in [9.17, 15) is 4.79 Å². The normalized spacial score (nSPS) is 16.1. The van der Waals surface area contributed by atoms with E-state index < -0.39 is 11.7 Å². The molecule has 1 amide bonds. The Kier molecular flexibility index (Phi) is 4.34. The number of nitriles is 1. The first kappa shape index (κ1) is 17.2. The molecule has 1 aromatic heterocycles. The van der Waals surface area contributed by atoms with Gasteiger partial charge in [0.1, 0.15) is 11.4 Å². The lowest BCUT2D eigenvalue weighted by molar-refractivity contribution is 0.0604. The number of H-pyrrole nitrogens is 1. The van der Waals surface area contributed by atoms with E-state index in [4.69, 9.17) is 10.00 Å². The summed E-state index contributed by atoms with van der Waals surface area (Å²) in [4.78, 5) is 23.8. The topological polar surface area (TPSA) is 91.1 Å². The average Bonchev–Trinajstić information content (AvgIpc) is 3.25. The summed E-state index contributed by atoms with van der Waals surface area (Å²) in [5.41, 5.74) is 2.61. The first-order valence-electron chi connectivity index (χ1n) is 8.45. The van der Waals surface area contributed by atoms with E-state index in [1.807, 2.05) is 33.8 Å². The Labute approximate surface area is 146 Å². The molecule has 1 aliphatic rings. The number of carbonyl (C=O) groups is 1. The Morgan fingerprint density at radius 3 is 2.80 bits per heavy atom. The molecule has 6 nitrogen and oxygen atoms in total. The smallest absolute Gasteiger partial charge is 0.433 e. The van der Waals surface area contributed by atoms with Crippen molar-refractivity contribution in [3.05, 3.63) is 29.1 Å². The molecule has 0 radical (unpaired) electrons. The third-order valence-corrected chi connectivity index (χ3v) is 4.23. The molecular weight excluding hydrogens is 316 g/mol. The molecule has 1 heterocycles. The van der Waals surface area contributed by atoms with Gasteiger partial charge < -0.3 is 9.72 Å². The van der Waals surface area contributed by atoms with Gasteiger partial charge in [-0.15, -0.1) is 0 Å².